The summed E-state index contributed by atoms with van der Waals surface area (Å²) in [4.78, 5) is 0. The first-order valence-electron chi connectivity index (χ1n) is 6.28. The van der Waals surface area contributed by atoms with Crippen molar-refractivity contribution in [2.75, 3.05) is 7.11 Å². The predicted molar refractivity (Wildman–Crippen MR) is 85.7 cm³/mol. The standard InChI is InChI=1S/C17H17ClO2/c1-10(12(3)19)9-15-11(2)13-7-5-6-8-14(13)17(20-4)16(15)18/h5-9,19H,3H2,1-2,4H3/b10-9+. The number of rotatable bonds is 3. The number of aryl methyl sites for hydroxylation is 1. The summed E-state index contributed by atoms with van der Waals surface area (Å²) in [6, 6.07) is 7.95. The van der Waals surface area contributed by atoms with Crippen LogP contribution in [0.3, 0.4) is 0 Å². The number of halogens is 1. The Kier molecular flexibility index (Phi) is 4.05. The number of aliphatic hydroxyl groups excluding tert-OH is 1. The molecule has 0 aliphatic heterocycles. The Balaban J connectivity index is 2.85. The topological polar surface area (TPSA) is 29.5 Å². The monoisotopic (exact) mass is 288 g/mol. The Labute approximate surface area is 123 Å². The lowest BCUT2D eigenvalue weighted by molar-refractivity contribution is 0.420. The number of hydrogen-bond acceptors (Lipinski definition) is 2. The van der Waals surface area contributed by atoms with Crippen LogP contribution in [0.2, 0.25) is 5.02 Å². The highest BCUT2D eigenvalue weighted by Gasteiger charge is 2.15. The van der Waals surface area contributed by atoms with Gasteiger partial charge in [0.1, 0.15) is 11.5 Å². The molecule has 0 aliphatic rings. The zero-order chi connectivity index (χ0) is 14.9. The van der Waals surface area contributed by atoms with E-state index in [1.807, 2.05) is 37.3 Å². The zero-order valence-electron chi connectivity index (χ0n) is 11.8. The van der Waals surface area contributed by atoms with Crippen molar-refractivity contribution < 1.29 is 9.84 Å². The van der Waals surface area contributed by atoms with Gasteiger partial charge in [0.15, 0.2) is 0 Å². The third kappa shape index (κ3) is 2.39. The van der Waals surface area contributed by atoms with Crippen molar-refractivity contribution in [3.8, 4) is 5.75 Å². The fourth-order valence-electron chi connectivity index (χ4n) is 2.23. The number of hydrogen-bond donors (Lipinski definition) is 1. The smallest absolute Gasteiger partial charge is 0.145 e. The van der Waals surface area contributed by atoms with Crippen molar-refractivity contribution in [3.63, 3.8) is 0 Å². The van der Waals surface area contributed by atoms with E-state index in [0.29, 0.717) is 16.3 Å². The van der Waals surface area contributed by atoms with Crippen molar-refractivity contribution >= 4 is 28.4 Å². The number of aliphatic hydroxyl groups is 1. The first-order chi connectivity index (χ1) is 9.47. The van der Waals surface area contributed by atoms with Crippen LogP contribution in [0.4, 0.5) is 0 Å². The zero-order valence-corrected chi connectivity index (χ0v) is 12.6. The van der Waals surface area contributed by atoms with E-state index in [0.717, 1.165) is 21.9 Å². The molecule has 0 saturated carbocycles. The van der Waals surface area contributed by atoms with Gasteiger partial charge in [-0.2, -0.15) is 0 Å². The minimum Gasteiger partial charge on any atom is -0.508 e. The Bertz CT molecular complexity index is 714. The summed E-state index contributed by atoms with van der Waals surface area (Å²) in [7, 11) is 1.61. The van der Waals surface area contributed by atoms with E-state index in [-0.39, 0.29) is 5.76 Å². The van der Waals surface area contributed by atoms with Gasteiger partial charge in [-0.05, 0) is 36.4 Å². The number of fused-ring (bicyclic) bond motifs is 1. The molecule has 0 fully saturated rings. The van der Waals surface area contributed by atoms with Gasteiger partial charge in [0, 0.05) is 10.9 Å². The van der Waals surface area contributed by atoms with Crippen LogP contribution in [-0.4, -0.2) is 12.2 Å². The molecule has 1 N–H and O–H groups in total. The SMILES string of the molecule is C=C(O)/C(C)=C/c1c(Cl)c(OC)c2ccccc2c1C. The van der Waals surface area contributed by atoms with Gasteiger partial charge in [-0.15, -0.1) is 0 Å². The molecule has 3 heteroatoms. The highest BCUT2D eigenvalue weighted by Crippen LogP contribution is 2.40. The number of benzene rings is 2. The summed E-state index contributed by atoms with van der Waals surface area (Å²) in [6.07, 6.45) is 1.83. The van der Waals surface area contributed by atoms with Gasteiger partial charge >= 0.3 is 0 Å². The van der Waals surface area contributed by atoms with E-state index >= 15 is 0 Å². The van der Waals surface area contributed by atoms with Crippen molar-refractivity contribution in [2.24, 2.45) is 0 Å². The Morgan fingerprint density at radius 3 is 2.45 bits per heavy atom. The second kappa shape index (κ2) is 5.59. The Morgan fingerprint density at radius 2 is 1.90 bits per heavy atom. The lowest BCUT2D eigenvalue weighted by Gasteiger charge is -2.15. The molecule has 0 amide bonds. The van der Waals surface area contributed by atoms with E-state index in [1.54, 1.807) is 14.0 Å². The molecule has 2 rings (SSSR count). The van der Waals surface area contributed by atoms with Gasteiger partial charge in [0.05, 0.1) is 12.1 Å². The Hall–Kier alpha value is -1.93. The van der Waals surface area contributed by atoms with Crippen molar-refractivity contribution in [1.82, 2.24) is 0 Å². The van der Waals surface area contributed by atoms with Gasteiger partial charge in [-0.25, -0.2) is 0 Å². The van der Waals surface area contributed by atoms with Crippen LogP contribution < -0.4 is 4.74 Å². The van der Waals surface area contributed by atoms with Crippen LogP contribution in [0.5, 0.6) is 5.75 Å². The van der Waals surface area contributed by atoms with Crippen molar-refractivity contribution in [3.05, 3.63) is 58.3 Å². The molecule has 2 aromatic carbocycles. The average molecular weight is 289 g/mol. The highest BCUT2D eigenvalue weighted by atomic mass is 35.5. The molecule has 0 aliphatic carbocycles. The maximum absolute atomic E-state index is 9.47. The summed E-state index contributed by atoms with van der Waals surface area (Å²) < 4.78 is 5.45. The normalized spacial score (nSPS) is 11.7. The van der Waals surface area contributed by atoms with E-state index in [4.69, 9.17) is 16.3 Å². The number of allylic oxidation sites excluding steroid dienone is 1. The van der Waals surface area contributed by atoms with Gasteiger partial charge in [0.25, 0.3) is 0 Å². The lowest BCUT2D eigenvalue weighted by Crippen LogP contribution is -1.94. The molecule has 0 unspecified atom stereocenters. The average Bonchev–Trinajstić information content (AvgIpc) is 2.43. The first-order valence-corrected chi connectivity index (χ1v) is 6.66. The van der Waals surface area contributed by atoms with E-state index in [2.05, 4.69) is 6.58 Å². The third-order valence-corrected chi connectivity index (χ3v) is 3.81. The van der Waals surface area contributed by atoms with E-state index < -0.39 is 0 Å². The molecule has 2 aromatic rings. The summed E-state index contributed by atoms with van der Waals surface area (Å²) in [6.45, 7) is 7.33. The molecular weight excluding hydrogens is 272 g/mol. The first kappa shape index (κ1) is 14.5. The summed E-state index contributed by atoms with van der Waals surface area (Å²) in [5.41, 5.74) is 2.56. The number of methoxy groups -OCH3 is 1. The van der Waals surface area contributed by atoms with Gasteiger partial charge < -0.3 is 9.84 Å². The lowest BCUT2D eigenvalue weighted by atomic mass is 9.97. The fourth-order valence-corrected chi connectivity index (χ4v) is 2.60. The summed E-state index contributed by atoms with van der Waals surface area (Å²) >= 11 is 6.46. The molecular formula is C17H17ClO2. The maximum atomic E-state index is 9.47. The maximum Gasteiger partial charge on any atom is 0.145 e. The van der Waals surface area contributed by atoms with Gasteiger partial charge in [-0.3, -0.25) is 0 Å². The van der Waals surface area contributed by atoms with Crippen LogP contribution in [0.25, 0.3) is 16.8 Å². The second-order valence-corrected chi connectivity index (χ2v) is 5.08. The van der Waals surface area contributed by atoms with Crippen molar-refractivity contribution in [2.45, 2.75) is 13.8 Å². The predicted octanol–water partition coefficient (Wildman–Crippen LogP) is 5.29. The molecule has 0 saturated heterocycles. The van der Waals surface area contributed by atoms with Crippen LogP contribution in [-0.2, 0) is 0 Å². The molecule has 0 bridgehead atoms. The van der Waals surface area contributed by atoms with Crippen LogP contribution in [0, 0.1) is 6.92 Å². The van der Waals surface area contributed by atoms with Crippen molar-refractivity contribution in [1.29, 1.82) is 0 Å². The molecule has 0 radical (unpaired) electrons. The van der Waals surface area contributed by atoms with Gasteiger partial charge in [-0.1, -0.05) is 42.4 Å². The summed E-state index contributed by atoms with van der Waals surface area (Å²) in [5, 5.41) is 12.1. The molecule has 0 atom stereocenters. The Morgan fingerprint density at radius 1 is 1.30 bits per heavy atom. The summed E-state index contributed by atoms with van der Waals surface area (Å²) in [5.74, 6) is 0.683. The highest BCUT2D eigenvalue weighted by molar-refractivity contribution is 6.35. The largest absolute Gasteiger partial charge is 0.508 e. The van der Waals surface area contributed by atoms with E-state index in [1.165, 1.54) is 0 Å². The molecule has 0 heterocycles. The van der Waals surface area contributed by atoms with Crippen LogP contribution in [0.15, 0.2) is 42.2 Å². The van der Waals surface area contributed by atoms with Crippen LogP contribution >= 0.6 is 11.6 Å². The minimum atomic E-state index is 0.0348. The quantitative estimate of drug-likeness (QED) is 0.614. The third-order valence-electron chi connectivity index (χ3n) is 3.44. The minimum absolute atomic E-state index is 0.0348. The molecule has 0 spiro atoms. The van der Waals surface area contributed by atoms with Crippen LogP contribution in [0.1, 0.15) is 18.1 Å². The second-order valence-electron chi connectivity index (χ2n) is 4.71. The molecule has 104 valence electrons. The molecule has 2 nitrogen and oxygen atoms in total. The number of ether oxygens (including phenoxy) is 1. The molecule has 20 heavy (non-hydrogen) atoms. The molecule has 0 aromatic heterocycles. The van der Waals surface area contributed by atoms with E-state index in [9.17, 15) is 5.11 Å². The fraction of sp³-hybridized carbons (Fsp3) is 0.176. The van der Waals surface area contributed by atoms with Gasteiger partial charge in [0.2, 0.25) is 0 Å².